The molecule has 0 saturated carbocycles. The molecule has 6 heteroatoms. The largest absolute Gasteiger partial charge is 0.493 e. The van der Waals surface area contributed by atoms with E-state index in [0.717, 1.165) is 51.4 Å². The van der Waals surface area contributed by atoms with Gasteiger partial charge in [-0.25, -0.2) is 0 Å². The molecule has 0 amide bonds. The van der Waals surface area contributed by atoms with Crippen molar-refractivity contribution >= 4 is 11.6 Å². The summed E-state index contributed by atoms with van der Waals surface area (Å²) in [4.78, 5) is 27.7. The number of carbonyl (C=O) groups is 2. The van der Waals surface area contributed by atoms with Gasteiger partial charge < -0.3 is 18.9 Å². The molecule has 0 atom stereocenters. The van der Waals surface area contributed by atoms with Crippen LogP contribution in [0, 0.1) is 0 Å². The van der Waals surface area contributed by atoms with Crippen LogP contribution in [0.5, 0.6) is 23.0 Å². The minimum Gasteiger partial charge on any atom is -0.493 e. The van der Waals surface area contributed by atoms with Crippen LogP contribution in [-0.4, -0.2) is 38.0 Å². The highest BCUT2D eigenvalue weighted by molar-refractivity contribution is 6.14. The Bertz CT molecular complexity index is 1170. The van der Waals surface area contributed by atoms with Gasteiger partial charge >= 0.3 is 0 Å². The molecule has 0 bridgehead atoms. The van der Waals surface area contributed by atoms with E-state index in [1.807, 2.05) is 12.1 Å². The SMILES string of the molecule is CCCCCCCCCCOc1cc(OCCCCCCCCCC)cc(C(=O)CC(=O)c2cc(OCCCCCCCCCC)cc(OCCCCCCCCCC)c2)c1. The van der Waals surface area contributed by atoms with Crippen LogP contribution >= 0.6 is 0 Å². The van der Waals surface area contributed by atoms with E-state index in [9.17, 15) is 9.59 Å². The summed E-state index contributed by atoms with van der Waals surface area (Å²) >= 11 is 0. The normalized spacial score (nSPS) is 11.2. The predicted octanol–water partition coefficient (Wildman–Crippen LogP) is 17.2. The number of rotatable bonds is 44. The van der Waals surface area contributed by atoms with Gasteiger partial charge in [-0.05, 0) is 49.9 Å². The number of hydrogen-bond donors (Lipinski definition) is 0. The molecule has 0 N–H and O–H groups in total. The molecule has 2 aromatic rings. The molecule has 0 aromatic heterocycles. The average Bonchev–Trinajstić information content (AvgIpc) is 3.26. The molecule has 0 aliphatic rings. The minimum absolute atomic E-state index is 0.244. The zero-order valence-electron chi connectivity index (χ0n) is 40.1. The molecule has 0 aliphatic heterocycles. The van der Waals surface area contributed by atoms with Crippen LogP contribution in [0.4, 0.5) is 0 Å². The fourth-order valence-electron chi connectivity index (χ4n) is 7.85. The summed E-state index contributed by atoms with van der Waals surface area (Å²) in [5, 5.41) is 0. The summed E-state index contributed by atoms with van der Waals surface area (Å²) < 4.78 is 24.9. The Morgan fingerprint density at radius 1 is 0.295 bits per heavy atom. The van der Waals surface area contributed by atoms with Crippen LogP contribution in [0.15, 0.2) is 36.4 Å². The van der Waals surface area contributed by atoms with Gasteiger partial charge in [0.15, 0.2) is 11.6 Å². The lowest BCUT2D eigenvalue weighted by molar-refractivity contribution is 0.0892. The molecule has 0 unspecified atom stereocenters. The summed E-state index contributed by atoms with van der Waals surface area (Å²) in [6, 6.07) is 10.9. The highest BCUT2D eigenvalue weighted by Crippen LogP contribution is 2.28. The number of ether oxygens (including phenoxy) is 4. The van der Waals surface area contributed by atoms with Crippen molar-refractivity contribution in [2.45, 2.75) is 240 Å². The molecule has 6 nitrogen and oxygen atoms in total. The van der Waals surface area contributed by atoms with Gasteiger partial charge in [0.05, 0.1) is 32.8 Å². The third kappa shape index (κ3) is 29.1. The van der Waals surface area contributed by atoms with E-state index < -0.39 is 0 Å². The van der Waals surface area contributed by atoms with E-state index in [0.29, 0.717) is 60.6 Å². The van der Waals surface area contributed by atoms with Crippen LogP contribution in [0.3, 0.4) is 0 Å². The first-order valence-electron chi connectivity index (χ1n) is 25.9. The zero-order valence-corrected chi connectivity index (χ0v) is 40.1. The summed E-state index contributed by atoms with van der Waals surface area (Å²) in [5.74, 6) is 2.01. The number of benzene rings is 2. The van der Waals surface area contributed by atoms with Crippen LogP contribution in [-0.2, 0) is 0 Å². The minimum atomic E-state index is -0.252. The summed E-state index contributed by atoms with van der Waals surface area (Å²) in [6.45, 7) is 11.4. The van der Waals surface area contributed by atoms with Crippen LogP contribution in [0.2, 0.25) is 0 Å². The van der Waals surface area contributed by atoms with Crippen LogP contribution in [0.25, 0.3) is 0 Å². The van der Waals surface area contributed by atoms with E-state index in [-0.39, 0.29) is 18.0 Å². The molecule has 0 aliphatic carbocycles. The molecule has 2 rings (SSSR count). The number of unbranched alkanes of at least 4 members (excludes halogenated alkanes) is 28. The lowest BCUT2D eigenvalue weighted by Crippen LogP contribution is -2.11. The maximum Gasteiger partial charge on any atom is 0.170 e. The Morgan fingerprint density at radius 3 is 0.705 bits per heavy atom. The molecule has 61 heavy (non-hydrogen) atoms. The highest BCUT2D eigenvalue weighted by Gasteiger charge is 2.18. The lowest BCUT2D eigenvalue weighted by Gasteiger charge is -2.13. The van der Waals surface area contributed by atoms with E-state index in [1.165, 1.54) is 154 Å². The number of ketones is 2. The number of Topliss-reactive ketones (excluding diaryl/α,β-unsaturated/α-hetero) is 2. The zero-order chi connectivity index (χ0) is 43.9. The maximum absolute atomic E-state index is 13.9. The van der Waals surface area contributed by atoms with Crippen molar-refractivity contribution in [2.24, 2.45) is 0 Å². The molecule has 0 heterocycles. The summed E-state index contributed by atoms with van der Waals surface area (Å²) in [6.07, 6.45) is 39.0. The fourth-order valence-corrected chi connectivity index (χ4v) is 7.85. The Morgan fingerprint density at radius 2 is 0.492 bits per heavy atom. The van der Waals surface area contributed by atoms with Gasteiger partial charge in [-0.1, -0.05) is 207 Å². The van der Waals surface area contributed by atoms with Gasteiger partial charge in [-0.3, -0.25) is 9.59 Å². The van der Waals surface area contributed by atoms with Crippen molar-refractivity contribution in [1.29, 1.82) is 0 Å². The van der Waals surface area contributed by atoms with Crippen molar-refractivity contribution in [3.05, 3.63) is 47.5 Å². The van der Waals surface area contributed by atoms with Gasteiger partial charge in [0.25, 0.3) is 0 Å². The fraction of sp³-hybridized carbons (Fsp3) is 0.745. The van der Waals surface area contributed by atoms with Crippen molar-refractivity contribution in [3.8, 4) is 23.0 Å². The molecule has 348 valence electrons. The third-order valence-electron chi connectivity index (χ3n) is 11.8. The van der Waals surface area contributed by atoms with E-state index in [1.54, 1.807) is 24.3 Å². The molecule has 0 fully saturated rings. The van der Waals surface area contributed by atoms with Gasteiger partial charge in [0.1, 0.15) is 23.0 Å². The second-order valence-corrected chi connectivity index (χ2v) is 17.7. The van der Waals surface area contributed by atoms with Crippen molar-refractivity contribution in [3.63, 3.8) is 0 Å². The Balaban J connectivity index is 2.08. The molecule has 0 saturated heterocycles. The van der Waals surface area contributed by atoms with Crippen LogP contribution in [0.1, 0.15) is 260 Å². The molecular formula is C55H92O6. The van der Waals surface area contributed by atoms with Gasteiger partial charge in [0, 0.05) is 23.3 Å². The topological polar surface area (TPSA) is 71.1 Å². The second kappa shape index (κ2) is 38.6. The summed E-state index contributed by atoms with van der Waals surface area (Å²) in [5.41, 5.74) is 0.891. The smallest absolute Gasteiger partial charge is 0.170 e. The maximum atomic E-state index is 13.9. The second-order valence-electron chi connectivity index (χ2n) is 17.7. The number of carbonyl (C=O) groups excluding carboxylic acids is 2. The van der Waals surface area contributed by atoms with E-state index >= 15 is 0 Å². The first-order chi connectivity index (χ1) is 30.0. The summed E-state index contributed by atoms with van der Waals surface area (Å²) in [7, 11) is 0. The monoisotopic (exact) mass is 849 g/mol. The van der Waals surface area contributed by atoms with Gasteiger partial charge in [-0.15, -0.1) is 0 Å². The first kappa shape index (κ1) is 54.1. The Kier molecular flexibility index (Phi) is 34.3. The van der Waals surface area contributed by atoms with Crippen molar-refractivity contribution in [2.75, 3.05) is 26.4 Å². The lowest BCUT2D eigenvalue weighted by atomic mass is 10.0. The van der Waals surface area contributed by atoms with Crippen molar-refractivity contribution in [1.82, 2.24) is 0 Å². The predicted molar refractivity (Wildman–Crippen MR) is 259 cm³/mol. The van der Waals surface area contributed by atoms with Crippen molar-refractivity contribution < 1.29 is 28.5 Å². The molecule has 2 aromatic carbocycles. The average molecular weight is 849 g/mol. The molecule has 0 radical (unpaired) electrons. The Hall–Kier alpha value is -3.02. The highest BCUT2D eigenvalue weighted by atomic mass is 16.5. The number of hydrogen-bond acceptors (Lipinski definition) is 6. The molecular weight excluding hydrogens is 757 g/mol. The quantitative estimate of drug-likeness (QED) is 0.0376. The third-order valence-corrected chi connectivity index (χ3v) is 11.8. The molecule has 0 spiro atoms. The van der Waals surface area contributed by atoms with Gasteiger partial charge in [-0.2, -0.15) is 0 Å². The van der Waals surface area contributed by atoms with Gasteiger partial charge in [0.2, 0.25) is 0 Å². The van der Waals surface area contributed by atoms with Crippen LogP contribution < -0.4 is 18.9 Å². The van der Waals surface area contributed by atoms with E-state index in [4.69, 9.17) is 18.9 Å². The first-order valence-corrected chi connectivity index (χ1v) is 25.9. The Labute approximate surface area is 375 Å². The van der Waals surface area contributed by atoms with E-state index in [2.05, 4.69) is 27.7 Å². The standard InChI is InChI=1S/C55H92O6/c1-5-9-13-17-21-25-29-33-37-58-50-41-48(42-51(45-50)59-38-34-30-26-22-18-14-10-6-2)54(56)47-55(57)49-43-52(60-39-35-31-27-23-19-15-11-7-3)46-53(44-49)61-40-36-32-28-24-20-16-12-8-4/h41-46H,5-40,47H2,1-4H3.